The first kappa shape index (κ1) is 19.7. The molecule has 2 aromatic rings. The van der Waals surface area contributed by atoms with E-state index in [9.17, 15) is 4.79 Å². The summed E-state index contributed by atoms with van der Waals surface area (Å²) in [6, 6.07) is 8.27. The summed E-state index contributed by atoms with van der Waals surface area (Å²) in [5, 5.41) is 3.14. The number of imidazole rings is 1. The average molecular weight is 372 g/mol. The van der Waals surface area contributed by atoms with E-state index in [1.807, 2.05) is 6.07 Å². The minimum Gasteiger partial charge on any atom is -0.355 e. The van der Waals surface area contributed by atoms with Gasteiger partial charge < -0.3 is 19.7 Å². The van der Waals surface area contributed by atoms with Crippen molar-refractivity contribution < 1.29 is 4.79 Å². The van der Waals surface area contributed by atoms with Gasteiger partial charge in [-0.15, -0.1) is 0 Å². The van der Waals surface area contributed by atoms with Crippen LogP contribution in [0.4, 0.5) is 5.95 Å². The fraction of sp³-hybridized carbons (Fsp3) is 0.619. The van der Waals surface area contributed by atoms with E-state index in [-0.39, 0.29) is 11.8 Å². The summed E-state index contributed by atoms with van der Waals surface area (Å²) >= 11 is 0. The zero-order chi connectivity index (χ0) is 19.2. The van der Waals surface area contributed by atoms with Crippen molar-refractivity contribution in [1.29, 1.82) is 0 Å². The molecule has 1 N–H and O–H groups in total. The first-order valence-corrected chi connectivity index (χ1v) is 10.4. The Hall–Kier alpha value is -2.08. The second-order valence-corrected chi connectivity index (χ2v) is 7.25. The molecule has 6 nitrogen and oxygen atoms in total. The van der Waals surface area contributed by atoms with Crippen molar-refractivity contribution >= 4 is 22.9 Å². The van der Waals surface area contributed by atoms with Gasteiger partial charge in [-0.3, -0.25) is 4.79 Å². The molecule has 1 aliphatic rings. The second kappa shape index (κ2) is 9.22. The average Bonchev–Trinajstić information content (AvgIpc) is 3.10. The lowest BCUT2D eigenvalue weighted by Crippen LogP contribution is -2.45. The molecule has 0 bridgehead atoms. The summed E-state index contributed by atoms with van der Waals surface area (Å²) in [6.45, 7) is 12.8. The normalized spacial score (nSPS) is 17.6. The molecule has 1 aromatic carbocycles. The smallest absolute Gasteiger partial charge is 0.224 e. The molecular weight excluding hydrogens is 338 g/mol. The highest BCUT2D eigenvalue weighted by Crippen LogP contribution is 2.27. The van der Waals surface area contributed by atoms with Gasteiger partial charge in [-0.05, 0) is 45.0 Å². The van der Waals surface area contributed by atoms with E-state index >= 15 is 0 Å². The molecular formula is C21H33N5O. The maximum atomic E-state index is 12.7. The highest BCUT2D eigenvalue weighted by Gasteiger charge is 2.28. The largest absolute Gasteiger partial charge is 0.355 e. The van der Waals surface area contributed by atoms with Crippen LogP contribution in [0.25, 0.3) is 11.0 Å². The number of hydrogen-bond donors (Lipinski definition) is 1. The number of carbonyl (C=O) groups excluding carboxylic acids is 1. The molecule has 6 heteroatoms. The molecule has 1 aliphatic heterocycles. The highest BCUT2D eigenvalue weighted by atomic mass is 16.1. The van der Waals surface area contributed by atoms with Crippen LogP contribution in [0.5, 0.6) is 0 Å². The van der Waals surface area contributed by atoms with Crippen LogP contribution in [0.2, 0.25) is 0 Å². The first-order chi connectivity index (χ1) is 13.2. The molecule has 148 valence electrons. The number of fused-ring (bicyclic) bond motifs is 1. The van der Waals surface area contributed by atoms with E-state index in [1.165, 1.54) is 5.52 Å². The van der Waals surface area contributed by atoms with Crippen LogP contribution < -0.4 is 10.2 Å². The molecule has 2 heterocycles. The molecule has 0 saturated carbocycles. The predicted octanol–water partition coefficient (Wildman–Crippen LogP) is 2.73. The molecule has 1 amide bonds. The van der Waals surface area contributed by atoms with Crippen LogP contribution in [0.3, 0.4) is 0 Å². The molecule has 0 spiro atoms. The maximum absolute atomic E-state index is 12.7. The Morgan fingerprint density at radius 1 is 1.26 bits per heavy atom. The SMILES string of the molecule is CCN(CC)CCNC(=O)C1CCCN(c2nc3ccccc3n2CC)C1. The summed E-state index contributed by atoms with van der Waals surface area (Å²) < 4.78 is 2.26. The topological polar surface area (TPSA) is 53.4 Å². The number of amides is 1. The van der Waals surface area contributed by atoms with Gasteiger partial charge in [0.1, 0.15) is 0 Å². The minimum absolute atomic E-state index is 0.0422. The summed E-state index contributed by atoms with van der Waals surface area (Å²) in [5.74, 6) is 1.23. The summed E-state index contributed by atoms with van der Waals surface area (Å²) in [5.41, 5.74) is 2.20. The third kappa shape index (κ3) is 4.43. The minimum atomic E-state index is 0.0422. The van der Waals surface area contributed by atoms with Crippen molar-refractivity contribution in [2.24, 2.45) is 5.92 Å². The van der Waals surface area contributed by atoms with Crippen LogP contribution in [0.15, 0.2) is 24.3 Å². The van der Waals surface area contributed by atoms with E-state index < -0.39 is 0 Å². The monoisotopic (exact) mass is 371 g/mol. The zero-order valence-electron chi connectivity index (χ0n) is 16.9. The molecule has 1 atom stereocenters. The van der Waals surface area contributed by atoms with Crippen molar-refractivity contribution in [2.75, 3.05) is 44.2 Å². The number of aryl methyl sites for hydroxylation is 1. The molecule has 1 unspecified atom stereocenters. The zero-order valence-corrected chi connectivity index (χ0v) is 16.9. The molecule has 1 saturated heterocycles. The van der Waals surface area contributed by atoms with E-state index in [4.69, 9.17) is 4.98 Å². The molecule has 3 rings (SSSR count). The first-order valence-electron chi connectivity index (χ1n) is 10.4. The van der Waals surface area contributed by atoms with Gasteiger partial charge in [-0.2, -0.15) is 0 Å². The Morgan fingerprint density at radius 3 is 2.78 bits per heavy atom. The lowest BCUT2D eigenvalue weighted by atomic mass is 9.97. The number of hydrogen-bond acceptors (Lipinski definition) is 4. The molecule has 27 heavy (non-hydrogen) atoms. The Labute approximate surface area is 162 Å². The third-order valence-electron chi connectivity index (χ3n) is 5.65. The number of rotatable bonds is 8. The van der Waals surface area contributed by atoms with E-state index in [2.05, 4.69) is 58.7 Å². The van der Waals surface area contributed by atoms with Crippen molar-refractivity contribution in [2.45, 2.75) is 40.2 Å². The van der Waals surface area contributed by atoms with E-state index in [0.29, 0.717) is 0 Å². The quantitative estimate of drug-likeness (QED) is 0.775. The van der Waals surface area contributed by atoms with Gasteiger partial charge in [0, 0.05) is 32.7 Å². The predicted molar refractivity (Wildman–Crippen MR) is 111 cm³/mol. The van der Waals surface area contributed by atoms with Gasteiger partial charge in [-0.1, -0.05) is 26.0 Å². The van der Waals surface area contributed by atoms with Crippen molar-refractivity contribution in [3.05, 3.63) is 24.3 Å². The highest BCUT2D eigenvalue weighted by molar-refractivity contribution is 5.81. The van der Waals surface area contributed by atoms with E-state index in [1.54, 1.807) is 0 Å². The van der Waals surface area contributed by atoms with Gasteiger partial charge in [0.2, 0.25) is 11.9 Å². The summed E-state index contributed by atoms with van der Waals surface area (Å²) in [6.07, 6.45) is 1.99. The lowest BCUT2D eigenvalue weighted by Gasteiger charge is -2.33. The number of likely N-dealkylation sites (N-methyl/N-ethyl adjacent to an activating group) is 1. The Morgan fingerprint density at radius 2 is 2.04 bits per heavy atom. The lowest BCUT2D eigenvalue weighted by molar-refractivity contribution is -0.125. The van der Waals surface area contributed by atoms with Crippen molar-refractivity contribution in [1.82, 2.24) is 19.8 Å². The van der Waals surface area contributed by atoms with Gasteiger partial charge in [0.15, 0.2) is 0 Å². The van der Waals surface area contributed by atoms with Gasteiger partial charge in [-0.25, -0.2) is 4.98 Å². The van der Waals surface area contributed by atoms with Gasteiger partial charge >= 0.3 is 0 Å². The van der Waals surface area contributed by atoms with Crippen molar-refractivity contribution in [3.63, 3.8) is 0 Å². The van der Waals surface area contributed by atoms with Crippen LogP contribution in [0, 0.1) is 5.92 Å². The van der Waals surface area contributed by atoms with E-state index in [0.717, 1.165) is 70.1 Å². The van der Waals surface area contributed by atoms with Crippen molar-refractivity contribution in [3.8, 4) is 0 Å². The van der Waals surface area contributed by atoms with Crippen LogP contribution >= 0.6 is 0 Å². The number of piperidine rings is 1. The van der Waals surface area contributed by atoms with Crippen LogP contribution in [-0.2, 0) is 11.3 Å². The number of anilines is 1. The standard InChI is InChI=1S/C21H33N5O/c1-4-24(5-2)15-13-22-20(27)17-10-9-14-25(16-17)21-23-18-11-7-8-12-19(18)26(21)6-3/h7-8,11-12,17H,4-6,9-10,13-16H2,1-3H3,(H,22,27). The maximum Gasteiger partial charge on any atom is 0.224 e. The Kier molecular flexibility index (Phi) is 6.72. The fourth-order valence-electron chi connectivity index (χ4n) is 4.01. The molecule has 1 aromatic heterocycles. The number of carbonyl (C=O) groups is 1. The molecule has 0 radical (unpaired) electrons. The molecule has 0 aliphatic carbocycles. The van der Waals surface area contributed by atoms with Crippen LogP contribution in [0.1, 0.15) is 33.6 Å². The Bertz CT molecular complexity index is 752. The molecule has 1 fully saturated rings. The number of nitrogens with zero attached hydrogens (tertiary/aromatic N) is 4. The van der Waals surface area contributed by atoms with Crippen LogP contribution in [-0.4, -0.2) is 59.6 Å². The third-order valence-corrected chi connectivity index (χ3v) is 5.65. The number of para-hydroxylation sites is 2. The Balaban J connectivity index is 1.65. The number of benzene rings is 1. The number of nitrogens with one attached hydrogen (secondary N) is 1. The summed E-state index contributed by atoms with van der Waals surface area (Å²) in [7, 11) is 0. The summed E-state index contributed by atoms with van der Waals surface area (Å²) in [4.78, 5) is 22.2. The van der Waals surface area contributed by atoms with Gasteiger partial charge in [0.25, 0.3) is 0 Å². The second-order valence-electron chi connectivity index (χ2n) is 7.25. The fourth-order valence-corrected chi connectivity index (χ4v) is 4.01. The van der Waals surface area contributed by atoms with Gasteiger partial charge in [0.05, 0.1) is 17.0 Å². The number of aromatic nitrogens is 2.